The summed E-state index contributed by atoms with van der Waals surface area (Å²) >= 11 is 0. The fourth-order valence-electron chi connectivity index (χ4n) is 3.41. The zero-order valence-electron chi connectivity index (χ0n) is 10.9. The van der Waals surface area contributed by atoms with E-state index in [9.17, 15) is 0 Å². The summed E-state index contributed by atoms with van der Waals surface area (Å²) in [5.74, 6) is 1.02. The number of hydrogen-bond acceptors (Lipinski definition) is 2. The molecule has 2 heteroatoms. The third kappa shape index (κ3) is 3.46. The number of nitrogens with one attached hydrogen (secondary N) is 1. The summed E-state index contributed by atoms with van der Waals surface area (Å²) in [7, 11) is 0. The van der Waals surface area contributed by atoms with Crippen LogP contribution in [0, 0.1) is 5.92 Å². The Hall–Kier alpha value is -0.0800. The Kier molecular flexibility index (Phi) is 5.11. The maximum atomic E-state index is 3.48. The molecule has 1 saturated carbocycles. The Labute approximate surface area is 101 Å². The molecule has 0 amide bonds. The molecule has 0 unspecified atom stereocenters. The summed E-state index contributed by atoms with van der Waals surface area (Å²) in [5, 5.41) is 3.48. The topological polar surface area (TPSA) is 15.3 Å². The van der Waals surface area contributed by atoms with Gasteiger partial charge in [0, 0.05) is 12.6 Å². The smallest absolute Gasteiger partial charge is 0.0119 e. The van der Waals surface area contributed by atoms with Crippen LogP contribution >= 0.6 is 0 Å². The molecule has 16 heavy (non-hydrogen) atoms. The van der Waals surface area contributed by atoms with Gasteiger partial charge in [-0.25, -0.2) is 0 Å². The molecule has 0 aromatic carbocycles. The molecular weight excluding hydrogens is 196 g/mol. The van der Waals surface area contributed by atoms with Crippen LogP contribution in [0.3, 0.4) is 0 Å². The molecule has 2 fully saturated rings. The molecule has 1 heterocycles. The Morgan fingerprint density at radius 2 is 1.75 bits per heavy atom. The van der Waals surface area contributed by atoms with Crippen LogP contribution in [0.4, 0.5) is 0 Å². The lowest BCUT2D eigenvalue weighted by atomic mass is 10.0. The minimum atomic E-state index is 0.877. The Morgan fingerprint density at radius 3 is 2.38 bits per heavy atom. The lowest BCUT2D eigenvalue weighted by molar-refractivity contribution is 0.139. The molecule has 1 aliphatic heterocycles. The van der Waals surface area contributed by atoms with Crippen molar-refractivity contribution < 1.29 is 0 Å². The fraction of sp³-hybridized carbons (Fsp3) is 1.00. The number of nitrogens with zero attached hydrogens (tertiary/aromatic N) is 1. The first-order chi connectivity index (χ1) is 7.90. The molecule has 0 atom stereocenters. The van der Waals surface area contributed by atoms with E-state index in [4.69, 9.17) is 0 Å². The van der Waals surface area contributed by atoms with Gasteiger partial charge in [-0.2, -0.15) is 0 Å². The second kappa shape index (κ2) is 6.61. The van der Waals surface area contributed by atoms with E-state index in [2.05, 4.69) is 17.1 Å². The maximum Gasteiger partial charge on any atom is 0.0119 e. The summed E-state index contributed by atoms with van der Waals surface area (Å²) in [6.07, 6.45) is 10.0. The highest BCUT2D eigenvalue weighted by Gasteiger charge is 2.24. The lowest BCUT2D eigenvalue weighted by Crippen LogP contribution is -2.45. The van der Waals surface area contributed by atoms with Gasteiger partial charge in [-0.15, -0.1) is 0 Å². The summed E-state index contributed by atoms with van der Waals surface area (Å²) in [6.45, 7) is 7.49. The first-order valence-corrected chi connectivity index (χ1v) is 7.35. The molecule has 2 nitrogen and oxygen atoms in total. The van der Waals surface area contributed by atoms with Gasteiger partial charge in [0.15, 0.2) is 0 Å². The van der Waals surface area contributed by atoms with E-state index in [0.29, 0.717) is 0 Å². The van der Waals surface area contributed by atoms with Crippen LogP contribution < -0.4 is 5.32 Å². The van der Waals surface area contributed by atoms with Gasteiger partial charge in [0.05, 0.1) is 0 Å². The average molecular weight is 224 g/mol. The Bertz CT molecular complexity index is 181. The molecule has 0 aromatic rings. The largest absolute Gasteiger partial charge is 0.317 e. The van der Waals surface area contributed by atoms with Crippen LogP contribution in [0.25, 0.3) is 0 Å². The maximum absolute atomic E-state index is 3.48. The molecule has 2 aliphatic rings. The molecule has 0 aromatic heterocycles. The minimum absolute atomic E-state index is 0.877. The molecule has 1 N–H and O–H groups in total. The third-order valence-corrected chi connectivity index (χ3v) is 4.30. The van der Waals surface area contributed by atoms with Gasteiger partial charge >= 0.3 is 0 Å². The van der Waals surface area contributed by atoms with Gasteiger partial charge in [-0.05, 0) is 57.7 Å². The van der Waals surface area contributed by atoms with Crippen LogP contribution in [0.5, 0.6) is 0 Å². The molecule has 94 valence electrons. The highest BCUT2D eigenvalue weighted by Crippen LogP contribution is 2.27. The van der Waals surface area contributed by atoms with Gasteiger partial charge in [0.1, 0.15) is 0 Å². The minimum Gasteiger partial charge on any atom is -0.317 e. The van der Waals surface area contributed by atoms with Crippen molar-refractivity contribution in [1.29, 1.82) is 0 Å². The fourth-order valence-corrected chi connectivity index (χ4v) is 3.41. The van der Waals surface area contributed by atoms with Crippen molar-refractivity contribution in [2.24, 2.45) is 5.92 Å². The van der Waals surface area contributed by atoms with Crippen molar-refractivity contribution in [3.63, 3.8) is 0 Å². The Balaban J connectivity index is 1.82. The van der Waals surface area contributed by atoms with Crippen LogP contribution in [0.1, 0.15) is 51.9 Å². The predicted octanol–water partition coefficient (Wildman–Crippen LogP) is 2.64. The van der Waals surface area contributed by atoms with E-state index in [1.807, 2.05) is 0 Å². The van der Waals surface area contributed by atoms with Crippen molar-refractivity contribution in [2.45, 2.75) is 57.9 Å². The van der Waals surface area contributed by atoms with Crippen LogP contribution in [0.2, 0.25) is 0 Å². The van der Waals surface area contributed by atoms with Crippen molar-refractivity contribution in [1.82, 2.24) is 10.2 Å². The average Bonchev–Trinajstić information content (AvgIpc) is 2.83. The van der Waals surface area contributed by atoms with Crippen LogP contribution in [-0.4, -0.2) is 37.1 Å². The third-order valence-electron chi connectivity index (χ3n) is 4.30. The zero-order valence-corrected chi connectivity index (χ0v) is 10.9. The second-order valence-electron chi connectivity index (χ2n) is 5.63. The summed E-state index contributed by atoms with van der Waals surface area (Å²) in [5.41, 5.74) is 0. The molecule has 1 saturated heterocycles. The SMILES string of the molecule is CCCN(CC1CCCC1)C1CCNCC1. The number of rotatable bonds is 5. The molecular formula is C14H28N2. The van der Waals surface area contributed by atoms with E-state index in [0.717, 1.165) is 12.0 Å². The summed E-state index contributed by atoms with van der Waals surface area (Å²) < 4.78 is 0. The van der Waals surface area contributed by atoms with Gasteiger partial charge in [-0.1, -0.05) is 19.8 Å². The lowest BCUT2D eigenvalue weighted by Gasteiger charge is -2.36. The van der Waals surface area contributed by atoms with E-state index in [1.165, 1.54) is 71.1 Å². The van der Waals surface area contributed by atoms with Crippen LogP contribution in [0.15, 0.2) is 0 Å². The van der Waals surface area contributed by atoms with E-state index in [1.54, 1.807) is 0 Å². The van der Waals surface area contributed by atoms with Gasteiger partial charge in [0.25, 0.3) is 0 Å². The standard InChI is InChI=1S/C14H28N2/c1-2-11-16(12-13-5-3-4-6-13)14-7-9-15-10-8-14/h13-15H,2-12H2,1H3. The highest BCUT2D eigenvalue weighted by molar-refractivity contribution is 4.80. The summed E-state index contributed by atoms with van der Waals surface area (Å²) in [6, 6.07) is 0.877. The van der Waals surface area contributed by atoms with E-state index >= 15 is 0 Å². The van der Waals surface area contributed by atoms with Gasteiger partial charge < -0.3 is 10.2 Å². The van der Waals surface area contributed by atoms with Crippen LogP contribution in [-0.2, 0) is 0 Å². The monoisotopic (exact) mass is 224 g/mol. The van der Waals surface area contributed by atoms with Crippen molar-refractivity contribution in [3.8, 4) is 0 Å². The molecule has 2 rings (SSSR count). The number of piperidine rings is 1. The second-order valence-corrected chi connectivity index (χ2v) is 5.63. The Morgan fingerprint density at radius 1 is 1.06 bits per heavy atom. The van der Waals surface area contributed by atoms with Crippen molar-refractivity contribution in [3.05, 3.63) is 0 Å². The van der Waals surface area contributed by atoms with E-state index < -0.39 is 0 Å². The molecule has 0 spiro atoms. The van der Waals surface area contributed by atoms with Crippen molar-refractivity contribution in [2.75, 3.05) is 26.2 Å². The zero-order chi connectivity index (χ0) is 11.2. The normalized spacial score (nSPS) is 24.4. The summed E-state index contributed by atoms with van der Waals surface area (Å²) in [4.78, 5) is 2.80. The first-order valence-electron chi connectivity index (χ1n) is 7.35. The highest BCUT2D eigenvalue weighted by atomic mass is 15.2. The molecule has 0 bridgehead atoms. The molecule has 1 aliphatic carbocycles. The van der Waals surface area contributed by atoms with Gasteiger partial charge in [0.2, 0.25) is 0 Å². The van der Waals surface area contributed by atoms with Crippen molar-refractivity contribution >= 4 is 0 Å². The van der Waals surface area contributed by atoms with Gasteiger partial charge in [-0.3, -0.25) is 0 Å². The predicted molar refractivity (Wildman–Crippen MR) is 69.7 cm³/mol. The quantitative estimate of drug-likeness (QED) is 0.772. The molecule has 0 radical (unpaired) electrons. The number of hydrogen-bond donors (Lipinski definition) is 1. The van der Waals surface area contributed by atoms with E-state index in [-0.39, 0.29) is 0 Å². The first kappa shape index (κ1) is 12.4.